The van der Waals surface area contributed by atoms with E-state index >= 15 is 0 Å². The molecule has 0 bridgehead atoms. The molecule has 0 aromatic heterocycles. The Kier molecular flexibility index (Phi) is 7.70. The SMILES string of the molecule is CCOC(=O)C1(C(=O)OCC)/C(=C(\C)c2ccc(OC)cc2)CCN1Cc1ccccc1. The van der Waals surface area contributed by atoms with Crippen molar-refractivity contribution < 1.29 is 23.8 Å². The highest BCUT2D eigenvalue weighted by atomic mass is 16.6. The minimum atomic E-state index is -1.62. The first-order chi connectivity index (χ1) is 15.5. The normalized spacial score (nSPS) is 17.0. The van der Waals surface area contributed by atoms with Gasteiger partial charge in [0.05, 0.1) is 20.3 Å². The molecule has 32 heavy (non-hydrogen) atoms. The van der Waals surface area contributed by atoms with E-state index in [0.717, 1.165) is 28.0 Å². The highest BCUT2D eigenvalue weighted by Crippen LogP contribution is 2.42. The fourth-order valence-electron chi connectivity index (χ4n) is 4.32. The van der Waals surface area contributed by atoms with E-state index in [1.54, 1.807) is 21.0 Å². The molecule has 0 aliphatic carbocycles. The third-order valence-electron chi connectivity index (χ3n) is 5.88. The van der Waals surface area contributed by atoms with Crippen LogP contribution in [0.3, 0.4) is 0 Å². The van der Waals surface area contributed by atoms with Gasteiger partial charge in [-0.25, -0.2) is 9.59 Å². The fourth-order valence-corrected chi connectivity index (χ4v) is 4.32. The summed E-state index contributed by atoms with van der Waals surface area (Å²) >= 11 is 0. The van der Waals surface area contributed by atoms with E-state index < -0.39 is 17.5 Å². The molecule has 0 atom stereocenters. The Labute approximate surface area is 189 Å². The molecule has 0 saturated carbocycles. The molecule has 1 saturated heterocycles. The third kappa shape index (κ3) is 4.41. The summed E-state index contributed by atoms with van der Waals surface area (Å²) in [6.45, 7) is 6.74. The Morgan fingerprint density at radius 2 is 1.53 bits per heavy atom. The van der Waals surface area contributed by atoms with Gasteiger partial charge in [0.2, 0.25) is 5.54 Å². The van der Waals surface area contributed by atoms with E-state index in [0.29, 0.717) is 19.5 Å². The lowest BCUT2D eigenvalue weighted by atomic mass is 9.84. The largest absolute Gasteiger partial charge is 0.497 e. The van der Waals surface area contributed by atoms with Crippen LogP contribution in [0.4, 0.5) is 0 Å². The maximum absolute atomic E-state index is 13.5. The molecule has 0 N–H and O–H groups in total. The van der Waals surface area contributed by atoms with E-state index in [2.05, 4.69) is 0 Å². The summed E-state index contributed by atoms with van der Waals surface area (Å²) in [5.74, 6) is -0.435. The number of likely N-dealkylation sites (tertiary alicyclic amines) is 1. The summed E-state index contributed by atoms with van der Waals surface area (Å²) in [5, 5.41) is 0. The van der Waals surface area contributed by atoms with Crippen molar-refractivity contribution in [3.8, 4) is 5.75 Å². The second-order valence-corrected chi connectivity index (χ2v) is 7.64. The van der Waals surface area contributed by atoms with Crippen LogP contribution in [0.5, 0.6) is 5.75 Å². The summed E-state index contributed by atoms with van der Waals surface area (Å²) in [6, 6.07) is 17.4. The highest BCUT2D eigenvalue weighted by Gasteiger charge is 2.60. The molecule has 0 spiro atoms. The van der Waals surface area contributed by atoms with E-state index in [9.17, 15) is 9.59 Å². The van der Waals surface area contributed by atoms with E-state index in [1.807, 2.05) is 66.4 Å². The van der Waals surface area contributed by atoms with Crippen LogP contribution < -0.4 is 4.74 Å². The molecule has 1 fully saturated rings. The van der Waals surface area contributed by atoms with Crippen molar-refractivity contribution in [1.29, 1.82) is 0 Å². The first-order valence-corrected chi connectivity index (χ1v) is 11.0. The van der Waals surface area contributed by atoms with E-state index in [4.69, 9.17) is 14.2 Å². The van der Waals surface area contributed by atoms with Gasteiger partial charge in [-0.05, 0) is 61.6 Å². The van der Waals surface area contributed by atoms with Crippen LogP contribution in [0.15, 0.2) is 60.2 Å². The molecule has 0 amide bonds. The number of methoxy groups -OCH3 is 1. The van der Waals surface area contributed by atoms with Crippen LogP contribution in [-0.2, 0) is 25.6 Å². The maximum Gasteiger partial charge on any atom is 0.342 e. The molecule has 1 aliphatic rings. The number of allylic oxidation sites excluding steroid dienone is 1. The zero-order valence-electron chi connectivity index (χ0n) is 19.2. The molecule has 170 valence electrons. The lowest BCUT2D eigenvalue weighted by Crippen LogP contribution is -2.58. The number of hydrogen-bond donors (Lipinski definition) is 0. The topological polar surface area (TPSA) is 65.1 Å². The second kappa shape index (κ2) is 10.5. The van der Waals surface area contributed by atoms with Crippen molar-refractivity contribution in [2.75, 3.05) is 26.9 Å². The quantitative estimate of drug-likeness (QED) is 0.455. The van der Waals surface area contributed by atoms with Crippen LogP contribution in [0.2, 0.25) is 0 Å². The van der Waals surface area contributed by atoms with Gasteiger partial charge in [-0.3, -0.25) is 4.90 Å². The Hall–Kier alpha value is -3.12. The van der Waals surface area contributed by atoms with Crippen LogP contribution in [0.25, 0.3) is 5.57 Å². The average Bonchev–Trinajstić information content (AvgIpc) is 3.19. The number of ether oxygens (including phenoxy) is 3. The Morgan fingerprint density at radius 3 is 2.06 bits per heavy atom. The summed E-state index contributed by atoms with van der Waals surface area (Å²) in [6.07, 6.45) is 0.558. The Morgan fingerprint density at radius 1 is 0.938 bits per heavy atom. The zero-order valence-corrected chi connectivity index (χ0v) is 19.2. The fraction of sp³-hybridized carbons (Fsp3) is 0.385. The average molecular weight is 438 g/mol. The van der Waals surface area contributed by atoms with Crippen LogP contribution in [0, 0.1) is 0 Å². The van der Waals surface area contributed by atoms with Crippen molar-refractivity contribution in [3.05, 3.63) is 71.3 Å². The van der Waals surface area contributed by atoms with Gasteiger partial charge in [-0.1, -0.05) is 42.5 Å². The second-order valence-electron chi connectivity index (χ2n) is 7.64. The molecule has 6 nitrogen and oxygen atoms in total. The summed E-state index contributed by atoms with van der Waals surface area (Å²) in [7, 11) is 1.62. The van der Waals surface area contributed by atoms with Crippen LogP contribution >= 0.6 is 0 Å². The van der Waals surface area contributed by atoms with Crippen LogP contribution in [0.1, 0.15) is 38.3 Å². The van der Waals surface area contributed by atoms with Crippen molar-refractivity contribution in [2.45, 2.75) is 39.3 Å². The van der Waals surface area contributed by atoms with Crippen LogP contribution in [-0.4, -0.2) is 49.2 Å². The number of esters is 2. The molecule has 2 aromatic carbocycles. The molecular weight excluding hydrogens is 406 g/mol. The summed E-state index contributed by atoms with van der Waals surface area (Å²) in [5.41, 5.74) is 1.89. The first kappa shape index (κ1) is 23.5. The molecule has 2 aromatic rings. The van der Waals surface area contributed by atoms with Gasteiger partial charge in [0.1, 0.15) is 5.75 Å². The lowest BCUT2D eigenvalue weighted by Gasteiger charge is -2.35. The lowest BCUT2D eigenvalue weighted by molar-refractivity contribution is -0.170. The van der Waals surface area contributed by atoms with Crippen molar-refractivity contribution >= 4 is 17.5 Å². The summed E-state index contributed by atoms with van der Waals surface area (Å²) < 4.78 is 16.2. The monoisotopic (exact) mass is 437 g/mol. The molecule has 1 heterocycles. The van der Waals surface area contributed by atoms with Gasteiger partial charge >= 0.3 is 11.9 Å². The number of carbonyl (C=O) groups excluding carboxylic acids is 2. The maximum atomic E-state index is 13.5. The van der Waals surface area contributed by atoms with Crippen molar-refractivity contribution in [2.24, 2.45) is 0 Å². The van der Waals surface area contributed by atoms with E-state index in [1.165, 1.54) is 0 Å². The molecule has 0 unspecified atom stereocenters. The molecule has 3 rings (SSSR count). The van der Waals surface area contributed by atoms with E-state index in [-0.39, 0.29) is 13.2 Å². The summed E-state index contributed by atoms with van der Waals surface area (Å²) in [4.78, 5) is 28.9. The predicted molar refractivity (Wildman–Crippen MR) is 123 cm³/mol. The van der Waals surface area contributed by atoms with Gasteiger partial charge in [0.25, 0.3) is 0 Å². The molecule has 1 aliphatic heterocycles. The van der Waals surface area contributed by atoms with Gasteiger partial charge < -0.3 is 14.2 Å². The van der Waals surface area contributed by atoms with Gasteiger partial charge in [0, 0.05) is 13.1 Å². The number of hydrogen-bond acceptors (Lipinski definition) is 6. The number of nitrogens with zero attached hydrogens (tertiary/aromatic N) is 1. The van der Waals surface area contributed by atoms with Gasteiger partial charge in [-0.2, -0.15) is 0 Å². The van der Waals surface area contributed by atoms with Crippen molar-refractivity contribution in [1.82, 2.24) is 4.90 Å². The minimum Gasteiger partial charge on any atom is -0.497 e. The predicted octanol–water partition coefficient (Wildman–Crippen LogP) is 4.24. The smallest absolute Gasteiger partial charge is 0.342 e. The minimum absolute atomic E-state index is 0.175. The highest BCUT2D eigenvalue weighted by molar-refractivity contribution is 6.11. The Balaban J connectivity index is 2.17. The third-order valence-corrected chi connectivity index (χ3v) is 5.88. The molecule has 6 heteroatoms. The first-order valence-electron chi connectivity index (χ1n) is 11.0. The van der Waals surface area contributed by atoms with Gasteiger partial charge in [0.15, 0.2) is 0 Å². The van der Waals surface area contributed by atoms with Crippen molar-refractivity contribution in [3.63, 3.8) is 0 Å². The zero-order chi connectivity index (χ0) is 23.1. The number of benzene rings is 2. The number of rotatable bonds is 8. The molecular formula is C26H31NO5. The Bertz CT molecular complexity index is 947. The molecule has 0 radical (unpaired) electrons. The number of carbonyl (C=O) groups is 2. The standard InChI is InChI=1S/C26H31NO5/c1-5-31-24(28)26(25(29)32-6-2)23(19(3)21-12-14-22(30-4)15-13-21)16-17-27(26)18-20-10-8-7-9-11-20/h7-15H,5-6,16-18H2,1-4H3/b23-19+. The van der Waals surface area contributed by atoms with Gasteiger partial charge in [-0.15, -0.1) is 0 Å².